The highest BCUT2D eigenvalue weighted by Gasteiger charge is 2.46. The van der Waals surface area contributed by atoms with E-state index in [-0.39, 0.29) is 17.3 Å². The molecule has 2 aliphatic heterocycles. The van der Waals surface area contributed by atoms with Gasteiger partial charge in [0.05, 0.1) is 17.3 Å². The van der Waals surface area contributed by atoms with Crippen LogP contribution in [-0.4, -0.2) is 47.6 Å². The zero-order valence-corrected chi connectivity index (χ0v) is 14.0. The summed E-state index contributed by atoms with van der Waals surface area (Å²) in [5, 5.41) is 10.9. The lowest BCUT2D eigenvalue weighted by Crippen LogP contribution is -2.52. The standard InChI is InChI=1S/C16H30O3S/c1-4-16(5-2,18-3)14(17)13-6-9-19-15(12-13)7-10-20-11-8-15/h13-14,17H,4-12H2,1-3H3. The highest BCUT2D eigenvalue weighted by molar-refractivity contribution is 7.99. The van der Waals surface area contributed by atoms with Gasteiger partial charge in [0.1, 0.15) is 0 Å². The second kappa shape index (κ2) is 6.99. The first-order valence-electron chi connectivity index (χ1n) is 8.06. The molecule has 20 heavy (non-hydrogen) atoms. The Hall–Kier alpha value is 0.230. The number of rotatable bonds is 5. The molecular weight excluding hydrogens is 272 g/mol. The molecule has 0 bridgehead atoms. The Kier molecular flexibility index (Phi) is 5.80. The quantitative estimate of drug-likeness (QED) is 0.846. The van der Waals surface area contributed by atoms with E-state index in [4.69, 9.17) is 9.47 Å². The van der Waals surface area contributed by atoms with Crippen molar-refractivity contribution in [3.63, 3.8) is 0 Å². The second-order valence-corrected chi connectivity index (χ2v) is 7.54. The minimum absolute atomic E-state index is 0.0378. The summed E-state index contributed by atoms with van der Waals surface area (Å²) in [6, 6.07) is 0. The molecule has 118 valence electrons. The molecule has 0 aromatic carbocycles. The lowest BCUT2D eigenvalue weighted by Gasteiger charge is -2.47. The van der Waals surface area contributed by atoms with Crippen molar-refractivity contribution in [2.75, 3.05) is 25.2 Å². The van der Waals surface area contributed by atoms with Gasteiger partial charge in [-0.2, -0.15) is 11.8 Å². The summed E-state index contributed by atoms with van der Waals surface area (Å²) < 4.78 is 11.9. The van der Waals surface area contributed by atoms with Crippen molar-refractivity contribution >= 4 is 11.8 Å². The Morgan fingerprint density at radius 3 is 2.55 bits per heavy atom. The summed E-state index contributed by atoms with van der Waals surface area (Å²) in [6.07, 6.45) is 5.58. The Balaban J connectivity index is 2.07. The molecule has 0 aliphatic carbocycles. The van der Waals surface area contributed by atoms with Gasteiger partial charge in [-0.15, -0.1) is 0 Å². The van der Waals surface area contributed by atoms with Gasteiger partial charge in [0.25, 0.3) is 0 Å². The summed E-state index contributed by atoms with van der Waals surface area (Å²) in [5.41, 5.74) is -0.345. The molecule has 3 nitrogen and oxygen atoms in total. The van der Waals surface area contributed by atoms with E-state index in [9.17, 15) is 5.11 Å². The van der Waals surface area contributed by atoms with Gasteiger partial charge in [-0.1, -0.05) is 13.8 Å². The van der Waals surface area contributed by atoms with Crippen LogP contribution in [0.25, 0.3) is 0 Å². The van der Waals surface area contributed by atoms with Crippen molar-refractivity contribution in [1.29, 1.82) is 0 Å². The van der Waals surface area contributed by atoms with E-state index in [0.29, 0.717) is 5.92 Å². The van der Waals surface area contributed by atoms with Crippen molar-refractivity contribution in [3.05, 3.63) is 0 Å². The van der Waals surface area contributed by atoms with Gasteiger partial charge in [-0.3, -0.25) is 0 Å². The Labute approximate surface area is 127 Å². The van der Waals surface area contributed by atoms with Gasteiger partial charge in [0.2, 0.25) is 0 Å². The fourth-order valence-corrected chi connectivity index (χ4v) is 5.17. The normalized spacial score (nSPS) is 28.5. The SMILES string of the molecule is CCC(CC)(OC)C(O)C1CCOC2(CCSCC2)C1. The first kappa shape index (κ1) is 16.6. The molecule has 2 rings (SSSR count). The smallest absolute Gasteiger partial charge is 0.0933 e. The zero-order valence-electron chi connectivity index (χ0n) is 13.2. The molecule has 2 fully saturated rings. The number of hydrogen-bond donors (Lipinski definition) is 1. The van der Waals surface area contributed by atoms with Crippen molar-refractivity contribution in [2.45, 2.75) is 69.7 Å². The molecule has 1 spiro atoms. The number of thioether (sulfide) groups is 1. The maximum absolute atomic E-state index is 10.9. The van der Waals surface area contributed by atoms with Crippen LogP contribution < -0.4 is 0 Å². The molecule has 2 atom stereocenters. The summed E-state index contributed by atoms with van der Waals surface area (Å²) in [5.74, 6) is 2.70. The molecule has 0 saturated carbocycles. The number of hydrogen-bond acceptors (Lipinski definition) is 4. The third kappa shape index (κ3) is 3.18. The van der Waals surface area contributed by atoms with Crippen molar-refractivity contribution < 1.29 is 14.6 Å². The number of aliphatic hydroxyl groups excluding tert-OH is 1. The molecule has 2 heterocycles. The molecule has 2 saturated heterocycles. The average Bonchev–Trinajstić information content (AvgIpc) is 2.50. The van der Waals surface area contributed by atoms with Gasteiger partial charge >= 0.3 is 0 Å². The predicted molar refractivity (Wildman–Crippen MR) is 84.3 cm³/mol. The topological polar surface area (TPSA) is 38.7 Å². The van der Waals surface area contributed by atoms with Crippen LogP contribution in [0.2, 0.25) is 0 Å². The van der Waals surface area contributed by atoms with Crippen LogP contribution in [0, 0.1) is 5.92 Å². The van der Waals surface area contributed by atoms with Gasteiger partial charge < -0.3 is 14.6 Å². The van der Waals surface area contributed by atoms with E-state index in [1.165, 1.54) is 11.5 Å². The molecule has 1 N–H and O–H groups in total. The maximum atomic E-state index is 10.9. The van der Waals surface area contributed by atoms with Crippen LogP contribution in [0.3, 0.4) is 0 Å². The van der Waals surface area contributed by atoms with Crippen molar-refractivity contribution in [1.82, 2.24) is 0 Å². The van der Waals surface area contributed by atoms with Crippen LogP contribution in [0.5, 0.6) is 0 Å². The fourth-order valence-electron chi connectivity index (χ4n) is 3.93. The van der Waals surface area contributed by atoms with E-state index >= 15 is 0 Å². The first-order valence-corrected chi connectivity index (χ1v) is 9.22. The minimum Gasteiger partial charge on any atom is -0.390 e. The Bertz CT molecular complexity index is 284. The fraction of sp³-hybridized carbons (Fsp3) is 1.00. The molecule has 4 heteroatoms. The van der Waals surface area contributed by atoms with E-state index in [1.54, 1.807) is 7.11 Å². The monoisotopic (exact) mass is 302 g/mol. The van der Waals surface area contributed by atoms with Gasteiger partial charge in [-0.05, 0) is 55.9 Å². The Morgan fingerprint density at radius 1 is 1.35 bits per heavy atom. The molecular formula is C16H30O3S. The summed E-state index contributed by atoms with van der Waals surface area (Å²) in [6.45, 7) is 5.02. The zero-order chi connectivity index (χ0) is 14.6. The predicted octanol–water partition coefficient (Wildman–Crippen LogP) is 3.24. The third-order valence-corrected chi connectivity index (χ3v) is 6.51. The number of methoxy groups -OCH3 is 1. The van der Waals surface area contributed by atoms with Crippen LogP contribution in [-0.2, 0) is 9.47 Å². The van der Waals surface area contributed by atoms with E-state index in [1.807, 2.05) is 11.8 Å². The average molecular weight is 302 g/mol. The molecule has 0 radical (unpaired) electrons. The van der Waals surface area contributed by atoms with Crippen LogP contribution in [0.15, 0.2) is 0 Å². The molecule has 2 aliphatic rings. The van der Waals surface area contributed by atoms with E-state index < -0.39 is 0 Å². The lowest BCUT2D eigenvalue weighted by molar-refractivity contribution is -0.171. The van der Waals surface area contributed by atoms with Gasteiger partial charge in [0, 0.05) is 13.7 Å². The van der Waals surface area contributed by atoms with Crippen LogP contribution >= 0.6 is 11.8 Å². The third-order valence-electron chi connectivity index (χ3n) is 5.52. The van der Waals surface area contributed by atoms with Gasteiger partial charge in [-0.25, -0.2) is 0 Å². The first-order chi connectivity index (χ1) is 9.61. The summed E-state index contributed by atoms with van der Waals surface area (Å²) in [4.78, 5) is 0. The number of aliphatic hydroxyl groups is 1. The minimum atomic E-state index is -0.382. The van der Waals surface area contributed by atoms with E-state index in [0.717, 1.165) is 45.1 Å². The highest BCUT2D eigenvalue weighted by atomic mass is 32.2. The molecule has 0 aromatic heterocycles. The molecule has 0 aromatic rings. The molecule has 2 unspecified atom stereocenters. The van der Waals surface area contributed by atoms with E-state index in [2.05, 4.69) is 13.8 Å². The summed E-state index contributed by atoms with van der Waals surface area (Å²) >= 11 is 2.02. The number of ether oxygens (including phenoxy) is 2. The van der Waals surface area contributed by atoms with Gasteiger partial charge in [0.15, 0.2) is 0 Å². The second-order valence-electron chi connectivity index (χ2n) is 6.32. The van der Waals surface area contributed by atoms with Crippen LogP contribution in [0.4, 0.5) is 0 Å². The largest absolute Gasteiger partial charge is 0.390 e. The maximum Gasteiger partial charge on any atom is 0.0933 e. The Morgan fingerprint density at radius 2 is 2.00 bits per heavy atom. The summed E-state index contributed by atoms with van der Waals surface area (Å²) in [7, 11) is 1.74. The lowest BCUT2D eigenvalue weighted by atomic mass is 9.73. The molecule has 0 amide bonds. The van der Waals surface area contributed by atoms with Crippen molar-refractivity contribution in [3.8, 4) is 0 Å². The van der Waals surface area contributed by atoms with Crippen molar-refractivity contribution in [2.24, 2.45) is 5.92 Å². The van der Waals surface area contributed by atoms with Crippen LogP contribution in [0.1, 0.15) is 52.4 Å². The highest BCUT2D eigenvalue weighted by Crippen LogP contribution is 2.43.